The van der Waals surface area contributed by atoms with Crippen LogP contribution < -0.4 is 5.32 Å². The molecule has 0 radical (unpaired) electrons. The molecule has 0 bridgehead atoms. The lowest BCUT2D eigenvalue weighted by Gasteiger charge is -2.18. The van der Waals surface area contributed by atoms with E-state index < -0.39 is 0 Å². The van der Waals surface area contributed by atoms with E-state index in [0.717, 1.165) is 38.3 Å². The van der Waals surface area contributed by atoms with Crippen molar-refractivity contribution in [3.05, 3.63) is 17.5 Å². The quantitative estimate of drug-likeness (QED) is 0.855. The van der Waals surface area contributed by atoms with E-state index in [1.807, 2.05) is 11.0 Å². The summed E-state index contributed by atoms with van der Waals surface area (Å²) >= 11 is 0. The van der Waals surface area contributed by atoms with Crippen molar-refractivity contribution in [3.8, 4) is 0 Å². The second kappa shape index (κ2) is 6.75. The van der Waals surface area contributed by atoms with Crippen molar-refractivity contribution < 1.29 is 4.79 Å². The minimum absolute atomic E-state index is 0. The molecular weight excluding hydrogens is 252 g/mol. The van der Waals surface area contributed by atoms with E-state index >= 15 is 0 Å². The normalized spacial score (nSPS) is 16.3. The summed E-state index contributed by atoms with van der Waals surface area (Å²) in [5.74, 6) is 0.409. The molecule has 1 amide bonds. The predicted octanol–water partition coefficient (Wildman–Crippen LogP) is 1.39. The van der Waals surface area contributed by atoms with Gasteiger partial charge in [0.2, 0.25) is 0 Å². The largest absolute Gasteiger partial charge is 0.336 e. The highest BCUT2D eigenvalue weighted by molar-refractivity contribution is 5.92. The molecule has 1 aliphatic heterocycles. The zero-order chi connectivity index (χ0) is 12.3. The van der Waals surface area contributed by atoms with Crippen LogP contribution in [0.1, 0.15) is 42.4 Å². The summed E-state index contributed by atoms with van der Waals surface area (Å²) in [6.45, 7) is 7.60. The molecule has 1 aromatic rings. The number of nitrogens with one attached hydrogen (secondary N) is 2. The average Bonchev–Trinajstić information content (AvgIpc) is 2.65. The number of nitrogens with zero attached hydrogens (tertiary/aromatic N) is 2. The number of amides is 1. The molecule has 0 aliphatic carbocycles. The van der Waals surface area contributed by atoms with Gasteiger partial charge in [0, 0.05) is 25.3 Å². The van der Waals surface area contributed by atoms with Crippen LogP contribution >= 0.6 is 12.4 Å². The first kappa shape index (κ1) is 15.0. The van der Waals surface area contributed by atoms with Crippen LogP contribution in [0.4, 0.5) is 0 Å². The van der Waals surface area contributed by atoms with Gasteiger partial charge in [-0.1, -0.05) is 13.8 Å². The minimum Gasteiger partial charge on any atom is -0.336 e. The van der Waals surface area contributed by atoms with Crippen LogP contribution in [0, 0.1) is 0 Å². The lowest BCUT2D eigenvalue weighted by molar-refractivity contribution is 0.0760. The predicted molar refractivity (Wildman–Crippen MR) is 73.3 cm³/mol. The van der Waals surface area contributed by atoms with Gasteiger partial charge in [-0.05, 0) is 24.9 Å². The fourth-order valence-electron chi connectivity index (χ4n) is 1.95. The van der Waals surface area contributed by atoms with Crippen molar-refractivity contribution in [2.45, 2.75) is 26.2 Å². The van der Waals surface area contributed by atoms with Crippen LogP contribution in [0.25, 0.3) is 0 Å². The molecule has 0 saturated carbocycles. The van der Waals surface area contributed by atoms with E-state index in [1.165, 1.54) is 0 Å². The second-order valence-corrected chi connectivity index (χ2v) is 4.76. The molecule has 2 heterocycles. The van der Waals surface area contributed by atoms with E-state index in [1.54, 1.807) is 0 Å². The van der Waals surface area contributed by atoms with Crippen LogP contribution in [0.5, 0.6) is 0 Å². The van der Waals surface area contributed by atoms with Gasteiger partial charge in [-0.2, -0.15) is 5.10 Å². The number of hydrogen-bond acceptors (Lipinski definition) is 3. The molecule has 2 rings (SSSR count). The van der Waals surface area contributed by atoms with Gasteiger partial charge in [0.15, 0.2) is 0 Å². The maximum Gasteiger partial charge on any atom is 0.274 e. The first-order chi connectivity index (χ1) is 8.18. The van der Waals surface area contributed by atoms with Gasteiger partial charge in [-0.15, -0.1) is 12.4 Å². The molecule has 0 unspecified atom stereocenters. The van der Waals surface area contributed by atoms with Gasteiger partial charge < -0.3 is 10.2 Å². The van der Waals surface area contributed by atoms with Crippen LogP contribution in [0.3, 0.4) is 0 Å². The molecule has 1 fully saturated rings. The molecule has 1 aromatic heterocycles. The molecule has 102 valence electrons. The standard InChI is InChI=1S/C12H20N4O.ClH/c1-9(2)10-8-11(15-14-10)12(17)16-6-3-4-13-5-7-16;/h8-9,13H,3-7H2,1-2H3,(H,14,15);1H. The smallest absolute Gasteiger partial charge is 0.274 e. The number of halogens is 1. The number of aromatic amines is 1. The minimum atomic E-state index is 0. The van der Waals surface area contributed by atoms with E-state index in [0.29, 0.717) is 11.6 Å². The summed E-state index contributed by atoms with van der Waals surface area (Å²) in [4.78, 5) is 14.1. The first-order valence-electron chi connectivity index (χ1n) is 6.24. The van der Waals surface area contributed by atoms with Crippen LogP contribution in [-0.2, 0) is 0 Å². The lowest BCUT2D eigenvalue weighted by atomic mass is 10.1. The highest BCUT2D eigenvalue weighted by atomic mass is 35.5. The average molecular weight is 273 g/mol. The van der Waals surface area contributed by atoms with Gasteiger partial charge in [0.25, 0.3) is 5.91 Å². The van der Waals surface area contributed by atoms with Crippen LogP contribution in [0.15, 0.2) is 6.07 Å². The third kappa shape index (κ3) is 3.46. The zero-order valence-electron chi connectivity index (χ0n) is 10.9. The molecule has 6 heteroatoms. The Bertz CT molecular complexity index is 383. The fraction of sp³-hybridized carbons (Fsp3) is 0.667. The van der Waals surface area contributed by atoms with E-state index in [-0.39, 0.29) is 18.3 Å². The van der Waals surface area contributed by atoms with E-state index in [2.05, 4.69) is 29.4 Å². The maximum atomic E-state index is 12.2. The Morgan fingerprint density at radius 1 is 1.39 bits per heavy atom. The Morgan fingerprint density at radius 2 is 2.17 bits per heavy atom. The van der Waals surface area contributed by atoms with E-state index in [4.69, 9.17) is 0 Å². The number of carbonyl (C=O) groups is 1. The van der Waals surface area contributed by atoms with Crippen molar-refractivity contribution >= 4 is 18.3 Å². The van der Waals surface area contributed by atoms with Gasteiger partial charge >= 0.3 is 0 Å². The monoisotopic (exact) mass is 272 g/mol. The molecule has 18 heavy (non-hydrogen) atoms. The molecular formula is C12H21ClN4O. The van der Waals surface area contributed by atoms with Crippen molar-refractivity contribution in [1.82, 2.24) is 20.4 Å². The Morgan fingerprint density at radius 3 is 2.83 bits per heavy atom. The summed E-state index contributed by atoms with van der Waals surface area (Å²) in [6, 6.07) is 1.87. The summed E-state index contributed by atoms with van der Waals surface area (Å²) < 4.78 is 0. The SMILES string of the molecule is CC(C)c1cc(C(=O)N2CCCNCC2)n[nH]1.Cl. The number of rotatable bonds is 2. The number of H-pyrrole nitrogens is 1. The summed E-state index contributed by atoms with van der Waals surface area (Å²) in [5, 5.41) is 10.3. The Hall–Kier alpha value is -1.07. The van der Waals surface area contributed by atoms with Gasteiger partial charge in [0.1, 0.15) is 5.69 Å². The molecule has 0 atom stereocenters. The van der Waals surface area contributed by atoms with Gasteiger partial charge in [0.05, 0.1) is 0 Å². The van der Waals surface area contributed by atoms with Crippen molar-refractivity contribution in [3.63, 3.8) is 0 Å². The number of carbonyl (C=O) groups excluding carboxylic acids is 1. The van der Waals surface area contributed by atoms with Crippen LogP contribution in [-0.4, -0.2) is 47.2 Å². The summed E-state index contributed by atoms with van der Waals surface area (Å²) in [6.07, 6.45) is 1.01. The summed E-state index contributed by atoms with van der Waals surface area (Å²) in [5.41, 5.74) is 1.55. The molecule has 0 aromatic carbocycles. The molecule has 1 aliphatic rings. The topological polar surface area (TPSA) is 61.0 Å². The highest BCUT2D eigenvalue weighted by Crippen LogP contribution is 2.13. The fourth-order valence-corrected chi connectivity index (χ4v) is 1.95. The molecule has 2 N–H and O–H groups in total. The first-order valence-corrected chi connectivity index (χ1v) is 6.24. The third-order valence-corrected chi connectivity index (χ3v) is 3.07. The van der Waals surface area contributed by atoms with E-state index in [9.17, 15) is 4.79 Å². The number of aromatic nitrogens is 2. The molecule has 0 spiro atoms. The Kier molecular flexibility index (Phi) is 5.62. The highest BCUT2D eigenvalue weighted by Gasteiger charge is 2.19. The Balaban J connectivity index is 0.00000162. The third-order valence-electron chi connectivity index (χ3n) is 3.07. The van der Waals surface area contributed by atoms with Gasteiger partial charge in [-0.25, -0.2) is 0 Å². The Labute approximate surface area is 114 Å². The van der Waals surface area contributed by atoms with Crippen LogP contribution in [0.2, 0.25) is 0 Å². The van der Waals surface area contributed by atoms with Crippen molar-refractivity contribution in [1.29, 1.82) is 0 Å². The van der Waals surface area contributed by atoms with Crippen molar-refractivity contribution in [2.75, 3.05) is 26.2 Å². The van der Waals surface area contributed by atoms with Crippen molar-refractivity contribution in [2.24, 2.45) is 0 Å². The molecule has 1 saturated heterocycles. The van der Waals surface area contributed by atoms with Gasteiger partial charge in [-0.3, -0.25) is 9.89 Å². The number of hydrogen-bond donors (Lipinski definition) is 2. The molecule has 5 nitrogen and oxygen atoms in total. The lowest BCUT2D eigenvalue weighted by Crippen LogP contribution is -2.34. The second-order valence-electron chi connectivity index (χ2n) is 4.76. The summed E-state index contributed by atoms with van der Waals surface area (Å²) in [7, 11) is 0. The maximum absolute atomic E-state index is 12.2. The zero-order valence-corrected chi connectivity index (χ0v) is 11.7.